The van der Waals surface area contributed by atoms with E-state index >= 15 is 0 Å². The Kier molecular flexibility index (Phi) is 4.42. The van der Waals surface area contributed by atoms with Gasteiger partial charge < -0.3 is 0 Å². The quantitative estimate of drug-likeness (QED) is 0.456. The Morgan fingerprint density at radius 2 is 2.00 bits per heavy atom. The predicted molar refractivity (Wildman–Crippen MR) is 44.3 cm³/mol. The Hall–Kier alpha value is -0.920. The van der Waals surface area contributed by atoms with Gasteiger partial charge >= 0.3 is 0 Å². The molecule has 1 atom stereocenters. The van der Waals surface area contributed by atoms with E-state index in [1.165, 1.54) is 6.08 Å². The molecule has 0 spiro atoms. The van der Waals surface area contributed by atoms with Crippen molar-refractivity contribution in [1.82, 2.24) is 0 Å². The number of Topliss-reactive ketones (excluding diaryl/α,β-unsaturated/α-hetero) is 1. The van der Waals surface area contributed by atoms with Gasteiger partial charge in [-0.15, -0.1) is 0 Å². The molecule has 0 heterocycles. The van der Waals surface area contributed by atoms with Crippen molar-refractivity contribution in [2.45, 2.75) is 27.2 Å². The molecular weight excluding hydrogens is 140 g/mol. The SMILES string of the molecule is C/C=C/C(=O)C(C)C(=O)CC. The summed E-state index contributed by atoms with van der Waals surface area (Å²) < 4.78 is 0. The molecule has 0 aromatic carbocycles. The van der Waals surface area contributed by atoms with Crippen LogP contribution in [-0.4, -0.2) is 11.6 Å². The molecule has 0 saturated heterocycles. The Labute approximate surface area is 67.3 Å². The van der Waals surface area contributed by atoms with Crippen LogP contribution in [0, 0.1) is 5.92 Å². The third kappa shape index (κ3) is 3.12. The van der Waals surface area contributed by atoms with Crippen LogP contribution in [0.1, 0.15) is 27.2 Å². The van der Waals surface area contributed by atoms with Crippen LogP contribution in [-0.2, 0) is 9.59 Å². The van der Waals surface area contributed by atoms with E-state index in [1.807, 2.05) is 0 Å². The normalized spacial score (nSPS) is 13.4. The van der Waals surface area contributed by atoms with E-state index in [-0.39, 0.29) is 11.6 Å². The van der Waals surface area contributed by atoms with Gasteiger partial charge in [0.25, 0.3) is 0 Å². The molecule has 0 radical (unpaired) electrons. The molecule has 0 aliphatic heterocycles. The maximum absolute atomic E-state index is 11.0. The van der Waals surface area contributed by atoms with E-state index in [1.54, 1.807) is 26.8 Å². The molecule has 62 valence electrons. The van der Waals surface area contributed by atoms with Crippen molar-refractivity contribution < 1.29 is 9.59 Å². The predicted octanol–water partition coefficient (Wildman–Crippen LogP) is 1.75. The van der Waals surface area contributed by atoms with Crippen molar-refractivity contribution in [2.24, 2.45) is 5.92 Å². The van der Waals surface area contributed by atoms with Crippen molar-refractivity contribution in [3.8, 4) is 0 Å². The highest BCUT2D eigenvalue weighted by atomic mass is 16.1. The molecular formula is C9H14O2. The molecule has 0 rings (SSSR count). The fraction of sp³-hybridized carbons (Fsp3) is 0.556. The number of hydrogen-bond donors (Lipinski definition) is 0. The number of ketones is 2. The number of carbonyl (C=O) groups excluding carboxylic acids is 2. The highest BCUT2D eigenvalue weighted by Gasteiger charge is 2.16. The van der Waals surface area contributed by atoms with Crippen LogP contribution in [0.5, 0.6) is 0 Å². The van der Waals surface area contributed by atoms with Crippen molar-refractivity contribution >= 4 is 11.6 Å². The second-order valence-electron chi connectivity index (χ2n) is 2.44. The molecule has 0 bridgehead atoms. The summed E-state index contributed by atoms with van der Waals surface area (Å²) in [5.74, 6) is -0.552. The van der Waals surface area contributed by atoms with Gasteiger partial charge in [0, 0.05) is 6.42 Å². The van der Waals surface area contributed by atoms with Crippen molar-refractivity contribution in [2.75, 3.05) is 0 Å². The summed E-state index contributed by atoms with van der Waals surface area (Å²) in [6.07, 6.45) is 3.53. The Morgan fingerprint density at radius 3 is 2.36 bits per heavy atom. The van der Waals surface area contributed by atoms with Crippen molar-refractivity contribution in [1.29, 1.82) is 0 Å². The molecule has 11 heavy (non-hydrogen) atoms. The fourth-order valence-corrected chi connectivity index (χ4v) is 0.773. The molecule has 2 heteroatoms. The van der Waals surface area contributed by atoms with Gasteiger partial charge in [0.05, 0.1) is 5.92 Å². The van der Waals surface area contributed by atoms with Crippen LogP contribution in [0.25, 0.3) is 0 Å². The topological polar surface area (TPSA) is 34.1 Å². The van der Waals surface area contributed by atoms with E-state index in [9.17, 15) is 9.59 Å². The van der Waals surface area contributed by atoms with Gasteiger partial charge in [0.2, 0.25) is 0 Å². The monoisotopic (exact) mass is 154 g/mol. The van der Waals surface area contributed by atoms with Gasteiger partial charge in [-0.25, -0.2) is 0 Å². The second kappa shape index (κ2) is 4.83. The van der Waals surface area contributed by atoms with Gasteiger partial charge in [-0.2, -0.15) is 0 Å². The average Bonchev–Trinajstić information content (AvgIpc) is 2.02. The Balaban J connectivity index is 4.13. The summed E-state index contributed by atoms with van der Waals surface area (Å²) in [5, 5.41) is 0. The first-order valence-corrected chi connectivity index (χ1v) is 3.82. The van der Waals surface area contributed by atoms with Crippen LogP contribution in [0.3, 0.4) is 0 Å². The Morgan fingerprint density at radius 1 is 1.45 bits per heavy atom. The molecule has 0 N–H and O–H groups in total. The molecule has 0 saturated carbocycles. The molecule has 2 nitrogen and oxygen atoms in total. The Bertz CT molecular complexity index is 180. The number of carbonyl (C=O) groups is 2. The number of hydrogen-bond acceptors (Lipinski definition) is 2. The van der Waals surface area contributed by atoms with Gasteiger partial charge in [-0.1, -0.05) is 13.0 Å². The third-order valence-electron chi connectivity index (χ3n) is 1.59. The van der Waals surface area contributed by atoms with Crippen LogP contribution in [0.4, 0.5) is 0 Å². The van der Waals surface area contributed by atoms with Crippen molar-refractivity contribution in [3.05, 3.63) is 12.2 Å². The summed E-state index contributed by atoms with van der Waals surface area (Å²) >= 11 is 0. The molecule has 0 amide bonds. The van der Waals surface area contributed by atoms with Gasteiger partial charge in [-0.3, -0.25) is 9.59 Å². The molecule has 0 aromatic heterocycles. The van der Waals surface area contributed by atoms with Crippen LogP contribution in [0.2, 0.25) is 0 Å². The standard InChI is InChI=1S/C9H14O2/c1-4-6-9(11)7(3)8(10)5-2/h4,6-7H,5H2,1-3H3/b6-4+. The first-order valence-electron chi connectivity index (χ1n) is 3.82. The lowest BCUT2D eigenvalue weighted by Crippen LogP contribution is -2.18. The molecule has 0 aliphatic carbocycles. The summed E-state index contributed by atoms with van der Waals surface area (Å²) in [6.45, 7) is 5.18. The number of allylic oxidation sites excluding steroid dienone is 2. The molecule has 0 aliphatic rings. The minimum atomic E-state index is -0.462. The molecule has 0 fully saturated rings. The maximum atomic E-state index is 11.0. The highest BCUT2D eigenvalue weighted by Crippen LogP contribution is 2.02. The molecule has 1 unspecified atom stereocenters. The summed E-state index contributed by atoms with van der Waals surface area (Å²) in [4.78, 5) is 22.0. The third-order valence-corrected chi connectivity index (χ3v) is 1.59. The van der Waals surface area contributed by atoms with Crippen molar-refractivity contribution in [3.63, 3.8) is 0 Å². The van der Waals surface area contributed by atoms with Gasteiger partial charge in [-0.05, 0) is 19.9 Å². The fourth-order valence-electron chi connectivity index (χ4n) is 0.773. The first-order chi connectivity index (χ1) is 5.13. The largest absolute Gasteiger partial charge is 0.299 e. The zero-order valence-corrected chi connectivity index (χ0v) is 7.26. The zero-order valence-electron chi connectivity index (χ0n) is 7.26. The summed E-state index contributed by atoms with van der Waals surface area (Å²) in [7, 11) is 0. The summed E-state index contributed by atoms with van der Waals surface area (Å²) in [6, 6.07) is 0. The van der Waals surface area contributed by atoms with Crippen LogP contribution in [0.15, 0.2) is 12.2 Å². The second-order valence-corrected chi connectivity index (χ2v) is 2.44. The van der Waals surface area contributed by atoms with Gasteiger partial charge in [0.15, 0.2) is 5.78 Å². The lowest BCUT2D eigenvalue weighted by molar-refractivity contribution is -0.129. The summed E-state index contributed by atoms with van der Waals surface area (Å²) in [5.41, 5.74) is 0. The van der Waals surface area contributed by atoms with Crippen LogP contribution < -0.4 is 0 Å². The maximum Gasteiger partial charge on any atom is 0.165 e. The number of rotatable bonds is 4. The molecule has 0 aromatic rings. The van der Waals surface area contributed by atoms with E-state index in [0.29, 0.717) is 6.42 Å². The average molecular weight is 154 g/mol. The smallest absolute Gasteiger partial charge is 0.165 e. The minimum Gasteiger partial charge on any atom is -0.299 e. The zero-order chi connectivity index (χ0) is 8.85. The first kappa shape index (κ1) is 10.1. The lowest BCUT2D eigenvalue weighted by atomic mass is 9.99. The van der Waals surface area contributed by atoms with Gasteiger partial charge in [0.1, 0.15) is 5.78 Å². The van der Waals surface area contributed by atoms with E-state index < -0.39 is 5.92 Å². The van der Waals surface area contributed by atoms with E-state index in [2.05, 4.69) is 0 Å². The van der Waals surface area contributed by atoms with E-state index in [0.717, 1.165) is 0 Å². The van der Waals surface area contributed by atoms with Crippen LogP contribution >= 0.6 is 0 Å². The minimum absolute atomic E-state index is 0.00750. The lowest BCUT2D eigenvalue weighted by Gasteiger charge is -2.02. The van der Waals surface area contributed by atoms with E-state index in [4.69, 9.17) is 0 Å². The highest BCUT2D eigenvalue weighted by molar-refractivity contribution is 6.06.